The number of hydrogen-bond acceptors (Lipinski definition) is 0. The monoisotopic (exact) mass is 222 g/mol. The van der Waals surface area contributed by atoms with E-state index in [1.165, 1.54) is 0 Å². The van der Waals surface area contributed by atoms with Gasteiger partial charge in [-0.1, -0.05) is 8.96 Å². The van der Waals surface area contributed by atoms with E-state index >= 15 is 0 Å². The molecule has 0 aromatic carbocycles. The fourth-order valence-electron chi connectivity index (χ4n) is 1.22. The van der Waals surface area contributed by atoms with Gasteiger partial charge in [0.1, 0.15) is 11.4 Å². The van der Waals surface area contributed by atoms with Crippen molar-refractivity contribution in [2.24, 2.45) is 0 Å². The molecule has 0 unspecified atom stereocenters. The van der Waals surface area contributed by atoms with Gasteiger partial charge in [0.25, 0.3) is 5.95 Å². The molecule has 15 heavy (non-hydrogen) atoms. The Kier molecular flexibility index (Phi) is 2.02. The highest BCUT2D eigenvalue weighted by Gasteiger charge is 2.27. The summed E-state index contributed by atoms with van der Waals surface area (Å²) in [6.45, 7) is 0. The summed E-state index contributed by atoms with van der Waals surface area (Å²) < 4.78 is 63.9. The van der Waals surface area contributed by atoms with Crippen LogP contribution in [0.3, 0.4) is 0 Å². The predicted octanol–water partition coefficient (Wildman–Crippen LogP) is 2.84. The molecule has 0 radical (unpaired) electrons. The molecule has 7 heteroatoms. The number of hydrogen-bond donors (Lipinski definition) is 0. The first kappa shape index (κ1) is 9.75. The van der Waals surface area contributed by atoms with E-state index < -0.39 is 33.8 Å². The van der Waals surface area contributed by atoms with Gasteiger partial charge in [-0.2, -0.15) is 13.6 Å². The van der Waals surface area contributed by atoms with E-state index in [0.29, 0.717) is 0 Å². The SMILES string of the molecule is Fc1c(F)c(-c2cccn2F)n(F)c1F. The van der Waals surface area contributed by atoms with Crippen LogP contribution in [0.15, 0.2) is 18.3 Å². The standard InChI is InChI=1S/C8H3F5N2/c9-5-6(10)8(11)15(13)7(5)4-2-1-3-14(4)12/h1-3H. The molecular weight excluding hydrogens is 219 g/mol. The van der Waals surface area contributed by atoms with Gasteiger partial charge in [0, 0.05) is 6.20 Å². The Morgan fingerprint density at radius 1 is 1.00 bits per heavy atom. The van der Waals surface area contributed by atoms with Gasteiger partial charge in [0.2, 0.25) is 5.82 Å². The van der Waals surface area contributed by atoms with E-state index in [0.717, 1.165) is 18.3 Å². The van der Waals surface area contributed by atoms with Crippen molar-refractivity contribution in [3.05, 3.63) is 35.9 Å². The predicted molar refractivity (Wildman–Crippen MR) is 40.7 cm³/mol. The first-order valence-corrected chi connectivity index (χ1v) is 3.79. The zero-order valence-corrected chi connectivity index (χ0v) is 7.02. The van der Waals surface area contributed by atoms with Crippen LogP contribution in [0, 0.1) is 17.6 Å². The first-order valence-electron chi connectivity index (χ1n) is 3.79. The average Bonchev–Trinajstić information content (AvgIpc) is 2.68. The van der Waals surface area contributed by atoms with Crippen molar-refractivity contribution in [1.29, 1.82) is 0 Å². The summed E-state index contributed by atoms with van der Waals surface area (Å²) in [4.78, 5) is -1.02. The quantitative estimate of drug-likeness (QED) is 0.656. The second-order valence-corrected chi connectivity index (χ2v) is 2.75. The molecule has 0 aliphatic carbocycles. The van der Waals surface area contributed by atoms with Crippen LogP contribution >= 0.6 is 0 Å². The third kappa shape index (κ3) is 1.23. The number of rotatable bonds is 1. The second-order valence-electron chi connectivity index (χ2n) is 2.75. The lowest BCUT2D eigenvalue weighted by Gasteiger charge is -1.98. The zero-order valence-electron chi connectivity index (χ0n) is 7.02. The fourth-order valence-corrected chi connectivity index (χ4v) is 1.22. The third-order valence-corrected chi connectivity index (χ3v) is 1.89. The smallest absolute Gasteiger partial charge is 0.201 e. The maximum atomic E-state index is 13.0. The fraction of sp³-hybridized carbons (Fsp3) is 0. The van der Waals surface area contributed by atoms with Gasteiger partial charge in [-0.15, -0.1) is 4.79 Å². The van der Waals surface area contributed by atoms with Gasteiger partial charge in [-0.3, -0.25) is 0 Å². The molecule has 2 heterocycles. The summed E-state index contributed by atoms with van der Waals surface area (Å²) in [5.41, 5.74) is -1.74. The normalized spacial score (nSPS) is 11.0. The van der Waals surface area contributed by atoms with Gasteiger partial charge >= 0.3 is 0 Å². The van der Waals surface area contributed by atoms with E-state index in [4.69, 9.17) is 0 Å². The minimum absolute atomic E-state index is 0.145. The molecule has 0 fully saturated rings. The van der Waals surface area contributed by atoms with Crippen molar-refractivity contribution in [1.82, 2.24) is 9.58 Å². The van der Waals surface area contributed by atoms with Gasteiger partial charge in [-0.25, -0.2) is 4.39 Å². The van der Waals surface area contributed by atoms with Crippen molar-refractivity contribution in [2.45, 2.75) is 0 Å². The van der Waals surface area contributed by atoms with Crippen LogP contribution < -0.4 is 0 Å². The summed E-state index contributed by atoms with van der Waals surface area (Å²) in [6.07, 6.45) is 0.845. The van der Waals surface area contributed by atoms with E-state index in [9.17, 15) is 22.1 Å². The molecule has 0 N–H and O–H groups in total. The van der Waals surface area contributed by atoms with E-state index in [1.54, 1.807) is 0 Å². The molecule has 0 saturated carbocycles. The molecule has 0 aliphatic heterocycles. The van der Waals surface area contributed by atoms with Crippen molar-refractivity contribution in [3.8, 4) is 11.4 Å². The van der Waals surface area contributed by atoms with Gasteiger partial charge in [0.15, 0.2) is 5.82 Å². The van der Waals surface area contributed by atoms with Crippen molar-refractivity contribution in [3.63, 3.8) is 0 Å². The van der Waals surface area contributed by atoms with Crippen molar-refractivity contribution >= 4 is 0 Å². The maximum Gasteiger partial charge on any atom is 0.261 e. The highest BCUT2D eigenvalue weighted by atomic mass is 19.2. The molecule has 2 aromatic rings. The van der Waals surface area contributed by atoms with Crippen LogP contribution in [0.2, 0.25) is 0 Å². The Balaban J connectivity index is 2.74. The van der Waals surface area contributed by atoms with Crippen LogP contribution in [-0.4, -0.2) is 9.58 Å². The van der Waals surface area contributed by atoms with Gasteiger partial charge < -0.3 is 0 Å². The van der Waals surface area contributed by atoms with E-state index in [-0.39, 0.29) is 4.79 Å². The minimum Gasteiger partial charge on any atom is -0.201 e. The lowest BCUT2D eigenvalue weighted by molar-refractivity contribution is 0.287. The van der Waals surface area contributed by atoms with Crippen molar-refractivity contribution in [2.75, 3.05) is 0 Å². The van der Waals surface area contributed by atoms with Crippen LogP contribution in [0.25, 0.3) is 11.4 Å². The molecule has 0 atom stereocenters. The summed E-state index contributed by atoms with van der Waals surface area (Å²) >= 11 is 0. The Bertz CT molecular complexity index is 488. The van der Waals surface area contributed by atoms with Gasteiger partial charge in [-0.05, 0) is 12.1 Å². The van der Waals surface area contributed by atoms with E-state index in [1.807, 2.05) is 0 Å². The van der Waals surface area contributed by atoms with Crippen LogP contribution in [0.5, 0.6) is 0 Å². The van der Waals surface area contributed by atoms with Crippen LogP contribution in [0.1, 0.15) is 0 Å². The Hall–Kier alpha value is -1.79. The number of aromatic nitrogens is 2. The molecule has 0 saturated heterocycles. The summed E-state index contributed by atoms with van der Waals surface area (Å²) in [5, 5.41) is 0. The maximum absolute atomic E-state index is 13.0. The molecule has 0 aliphatic rings. The molecule has 2 rings (SSSR count). The molecule has 80 valence electrons. The lowest BCUT2D eigenvalue weighted by atomic mass is 10.3. The number of halogens is 5. The lowest BCUT2D eigenvalue weighted by Crippen LogP contribution is -1.94. The Morgan fingerprint density at radius 3 is 2.07 bits per heavy atom. The molecule has 0 bridgehead atoms. The highest BCUT2D eigenvalue weighted by Crippen LogP contribution is 2.29. The Morgan fingerprint density at radius 2 is 1.67 bits per heavy atom. The summed E-state index contributed by atoms with van der Waals surface area (Å²) in [6, 6.07) is 2.12. The number of nitrogens with zero attached hydrogens (tertiary/aromatic N) is 2. The van der Waals surface area contributed by atoms with Crippen LogP contribution in [0.4, 0.5) is 22.1 Å². The Labute approximate surface area is 80.0 Å². The summed E-state index contributed by atoms with van der Waals surface area (Å²) in [7, 11) is 0. The largest absolute Gasteiger partial charge is 0.261 e. The third-order valence-electron chi connectivity index (χ3n) is 1.89. The highest BCUT2D eigenvalue weighted by molar-refractivity contribution is 5.57. The molecule has 2 nitrogen and oxygen atoms in total. The van der Waals surface area contributed by atoms with E-state index in [2.05, 4.69) is 0 Å². The zero-order chi connectivity index (χ0) is 11.2. The van der Waals surface area contributed by atoms with Crippen LogP contribution in [-0.2, 0) is 0 Å². The molecular formula is C8H3F5N2. The minimum atomic E-state index is -2.02. The molecule has 0 amide bonds. The average molecular weight is 222 g/mol. The topological polar surface area (TPSA) is 9.86 Å². The second kappa shape index (κ2) is 3.11. The molecule has 2 aromatic heterocycles. The van der Waals surface area contributed by atoms with Gasteiger partial charge in [0.05, 0.1) is 0 Å². The summed E-state index contributed by atoms with van der Waals surface area (Å²) in [5.74, 6) is -5.77. The first-order chi connectivity index (χ1) is 7.04. The van der Waals surface area contributed by atoms with Crippen molar-refractivity contribution < 1.29 is 22.1 Å². The molecule has 0 spiro atoms.